The molecule has 4 aromatic rings. The van der Waals surface area contributed by atoms with Crippen LogP contribution in [0, 0.1) is 0 Å². The van der Waals surface area contributed by atoms with Gasteiger partial charge in [0.05, 0.1) is 13.2 Å². The topological polar surface area (TPSA) is 38.8 Å². The lowest BCUT2D eigenvalue weighted by molar-refractivity contribution is 0.112. The van der Waals surface area contributed by atoms with E-state index in [1.165, 1.54) is 0 Å². The zero-order valence-electron chi connectivity index (χ0n) is 20.1. The van der Waals surface area contributed by atoms with Crippen molar-refractivity contribution >= 4 is 35.5 Å². The molecule has 0 unspecified atom stereocenters. The minimum absolute atomic E-state index is 0.637. The lowest BCUT2D eigenvalue weighted by Crippen LogP contribution is -2.10. The number of carbonyl (C=O) groups is 1. The van der Waals surface area contributed by atoms with Gasteiger partial charge in [0.25, 0.3) is 0 Å². The van der Waals surface area contributed by atoms with Gasteiger partial charge in [-0.1, -0.05) is 48.6 Å². The third-order valence-electron chi connectivity index (χ3n) is 5.50. The Hall–Kier alpha value is -4.31. The van der Waals surface area contributed by atoms with Crippen molar-refractivity contribution in [1.29, 1.82) is 0 Å². The van der Waals surface area contributed by atoms with Crippen LogP contribution in [0.2, 0.25) is 0 Å². The summed E-state index contributed by atoms with van der Waals surface area (Å²) in [5.41, 5.74) is 5.94. The van der Waals surface area contributed by atoms with Crippen LogP contribution in [0.4, 0.5) is 17.1 Å². The molecule has 35 heavy (non-hydrogen) atoms. The van der Waals surface area contributed by atoms with Crippen molar-refractivity contribution in [1.82, 2.24) is 0 Å². The SMILES string of the molecule is CCOc1ccc(N(c2ccc(C=Cc3ccc(C=O)cc3)cc2)c2ccc(OCC)cc2)cc1. The third kappa shape index (κ3) is 6.18. The second-order valence-electron chi connectivity index (χ2n) is 7.90. The first kappa shape index (κ1) is 23.8. The van der Waals surface area contributed by atoms with Gasteiger partial charge in [0.2, 0.25) is 0 Å². The van der Waals surface area contributed by atoms with Gasteiger partial charge in [0.15, 0.2) is 0 Å². The highest BCUT2D eigenvalue weighted by Gasteiger charge is 2.13. The molecule has 4 nitrogen and oxygen atoms in total. The molecule has 0 aliphatic rings. The molecule has 0 aromatic heterocycles. The fourth-order valence-electron chi connectivity index (χ4n) is 3.78. The van der Waals surface area contributed by atoms with Crippen LogP contribution >= 0.6 is 0 Å². The fraction of sp³-hybridized carbons (Fsp3) is 0.129. The van der Waals surface area contributed by atoms with Crippen molar-refractivity contribution in [3.8, 4) is 11.5 Å². The van der Waals surface area contributed by atoms with Crippen molar-refractivity contribution in [3.63, 3.8) is 0 Å². The monoisotopic (exact) mass is 463 g/mol. The number of rotatable bonds is 10. The molecule has 0 spiro atoms. The summed E-state index contributed by atoms with van der Waals surface area (Å²) in [6.07, 6.45) is 4.96. The van der Waals surface area contributed by atoms with Crippen molar-refractivity contribution in [2.24, 2.45) is 0 Å². The van der Waals surface area contributed by atoms with E-state index in [1.807, 2.05) is 68.5 Å². The number of carbonyl (C=O) groups excluding carboxylic acids is 1. The lowest BCUT2D eigenvalue weighted by Gasteiger charge is -2.26. The maximum Gasteiger partial charge on any atom is 0.150 e. The maximum absolute atomic E-state index is 10.8. The lowest BCUT2D eigenvalue weighted by atomic mass is 10.1. The predicted octanol–water partition coefficient (Wildman–Crippen LogP) is 7.94. The van der Waals surface area contributed by atoms with Gasteiger partial charge in [-0.2, -0.15) is 0 Å². The molecular formula is C31H29NO3. The smallest absolute Gasteiger partial charge is 0.150 e. The van der Waals surface area contributed by atoms with Crippen LogP contribution < -0.4 is 14.4 Å². The van der Waals surface area contributed by atoms with Crippen molar-refractivity contribution in [2.75, 3.05) is 18.1 Å². The number of hydrogen-bond acceptors (Lipinski definition) is 4. The van der Waals surface area contributed by atoms with Gasteiger partial charge >= 0.3 is 0 Å². The Morgan fingerprint density at radius 3 is 1.26 bits per heavy atom. The molecule has 0 amide bonds. The predicted molar refractivity (Wildman–Crippen MR) is 144 cm³/mol. The normalized spacial score (nSPS) is 10.8. The Morgan fingerprint density at radius 1 is 0.543 bits per heavy atom. The second kappa shape index (κ2) is 11.7. The van der Waals surface area contributed by atoms with Crippen molar-refractivity contribution < 1.29 is 14.3 Å². The van der Waals surface area contributed by atoms with Crippen LogP contribution in [0.25, 0.3) is 12.2 Å². The van der Waals surface area contributed by atoms with Gasteiger partial charge in [-0.05, 0) is 85.6 Å². The standard InChI is InChI=1S/C31H29NO3/c1-3-34-30-19-15-28(16-20-30)32(29-17-21-31(22-18-29)35-4-2)27-13-11-25(12-14-27)6-5-24-7-9-26(23-33)10-8-24/h5-23H,3-4H2,1-2H3. The zero-order chi connectivity index (χ0) is 24.5. The average Bonchev–Trinajstić information content (AvgIpc) is 2.91. The van der Waals surface area contributed by atoms with E-state index in [4.69, 9.17) is 9.47 Å². The number of benzene rings is 4. The van der Waals surface area contributed by atoms with Gasteiger partial charge in [0.1, 0.15) is 17.8 Å². The summed E-state index contributed by atoms with van der Waals surface area (Å²) >= 11 is 0. The molecule has 0 N–H and O–H groups in total. The molecule has 176 valence electrons. The summed E-state index contributed by atoms with van der Waals surface area (Å²) in [6.45, 7) is 5.24. The first-order valence-corrected chi connectivity index (χ1v) is 11.8. The van der Waals surface area contributed by atoms with E-state index >= 15 is 0 Å². The van der Waals surface area contributed by atoms with Crippen LogP contribution in [0.5, 0.6) is 11.5 Å². The Kier molecular flexibility index (Phi) is 7.97. The minimum Gasteiger partial charge on any atom is -0.494 e. The molecule has 0 atom stereocenters. The van der Waals surface area contributed by atoms with Crippen LogP contribution in [0.1, 0.15) is 35.3 Å². The Labute approximate surface area is 207 Å². The fourth-order valence-corrected chi connectivity index (χ4v) is 3.78. The highest BCUT2D eigenvalue weighted by atomic mass is 16.5. The van der Waals surface area contributed by atoms with Gasteiger partial charge in [-0.25, -0.2) is 0 Å². The van der Waals surface area contributed by atoms with E-state index in [1.54, 1.807) is 0 Å². The van der Waals surface area contributed by atoms with E-state index < -0.39 is 0 Å². The summed E-state index contributed by atoms with van der Waals surface area (Å²) in [5.74, 6) is 1.70. The minimum atomic E-state index is 0.637. The van der Waals surface area contributed by atoms with Crippen molar-refractivity contribution in [3.05, 3.63) is 114 Å². The number of nitrogens with zero attached hydrogens (tertiary/aromatic N) is 1. The third-order valence-corrected chi connectivity index (χ3v) is 5.50. The molecule has 0 aliphatic carbocycles. The highest BCUT2D eigenvalue weighted by molar-refractivity contribution is 5.79. The highest BCUT2D eigenvalue weighted by Crippen LogP contribution is 2.36. The molecule has 4 heteroatoms. The molecular weight excluding hydrogens is 434 g/mol. The molecule has 0 fully saturated rings. The van der Waals surface area contributed by atoms with E-state index in [0.717, 1.165) is 46.0 Å². The van der Waals surface area contributed by atoms with Gasteiger partial charge in [-0.15, -0.1) is 0 Å². The number of hydrogen-bond donors (Lipinski definition) is 0. The van der Waals surface area contributed by atoms with Crippen molar-refractivity contribution in [2.45, 2.75) is 13.8 Å². The molecule has 0 radical (unpaired) electrons. The average molecular weight is 464 g/mol. The zero-order valence-corrected chi connectivity index (χ0v) is 20.1. The van der Waals surface area contributed by atoms with E-state index in [0.29, 0.717) is 18.8 Å². The van der Waals surface area contributed by atoms with E-state index in [9.17, 15) is 4.79 Å². The summed E-state index contributed by atoms with van der Waals surface area (Å²) in [4.78, 5) is 13.1. The van der Waals surface area contributed by atoms with Gasteiger partial charge < -0.3 is 14.4 Å². The summed E-state index contributed by atoms with van der Waals surface area (Å²) in [5, 5.41) is 0. The molecule has 0 saturated carbocycles. The van der Waals surface area contributed by atoms with Crippen LogP contribution in [0.3, 0.4) is 0 Å². The number of aldehydes is 1. The Morgan fingerprint density at radius 2 is 0.886 bits per heavy atom. The van der Waals surface area contributed by atoms with Crippen LogP contribution in [-0.4, -0.2) is 19.5 Å². The number of ether oxygens (including phenoxy) is 2. The van der Waals surface area contributed by atoms with Gasteiger partial charge in [-0.3, -0.25) is 4.79 Å². The second-order valence-corrected chi connectivity index (χ2v) is 7.90. The molecule has 0 saturated heterocycles. The Balaban J connectivity index is 1.61. The first-order valence-electron chi connectivity index (χ1n) is 11.8. The summed E-state index contributed by atoms with van der Waals surface area (Å²) < 4.78 is 11.3. The van der Waals surface area contributed by atoms with Gasteiger partial charge in [0, 0.05) is 22.6 Å². The first-order chi connectivity index (χ1) is 17.2. The maximum atomic E-state index is 10.8. The summed E-state index contributed by atoms with van der Waals surface area (Å²) in [6, 6.07) is 32.2. The summed E-state index contributed by atoms with van der Waals surface area (Å²) in [7, 11) is 0. The van der Waals surface area contributed by atoms with E-state index in [2.05, 4.69) is 59.5 Å². The molecule has 0 bridgehead atoms. The molecule has 0 aliphatic heterocycles. The Bertz CT molecular complexity index is 1190. The number of anilines is 3. The largest absolute Gasteiger partial charge is 0.494 e. The molecule has 4 aromatic carbocycles. The van der Waals surface area contributed by atoms with Crippen LogP contribution in [-0.2, 0) is 0 Å². The molecule has 4 rings (SSSR count). The quantitative estimate of drug-likeness (QED) is 0.177. The van der Waals surface area contributed by atoms with Crippen LogP contribution in [0.15, 0.2) is 97.1 Å². The molecule has 0 heterocycles. The van der Waals surface area contributed by atoms with E-state index in [-0.39, 0.29) is 0 Å².